The highest BCUT2D eigenvalue weighted by atomic mass is 35.5. The Morgan fingerprint density at radius 1 is 1.12 bits per heavy atom. The maximum Gasteiger partial charge on any atom is 0.336 e. The van der Waals surface area contributed by atoms with Crippen molar-refractivity contribution in [2.24, 2.45) is 5.41 Å². The largest absolute Gasteiger partial charge is 0.478 e. The molecule has 40 heavy (non-hydrogen) atoms. The van der Waals surface area contributed by atoms with Crippen molar-refractivity contribution in [2.75, 3.05) is 6.61 Å². The van der Waals surface area contributed by atoms with Crippen molar-refractivity contribution in [3.05, 3.63) is 104 Å². The van der Waals surface area contributed by atoms with Crippen molar-refractivity contribution in [1.29, 1.82) is 5.26 Å². The second-order valence-corrected chi connectivity index (χ2v) is 11.6. The molecule has 10 heteroatoms. The van der Waals surface area contributed by atoms with Crippen molar-refractivity contribution in [3.8, 4) is 6.07 Å². The molecule has 1 saturated carbocycles. The topological polar surface area (TPSA) is 111 Å². The van der Waals surface area contributed by atoms with Crippen molar-refractivity contribution in [3.63, 3.8) is 0 Å². The Morgan fingerprint density at radius 2 is 1.77 bits per heavy atom. The summed E-state index contributed by atoms with van der Waals surface area (Å²) in [6.07, 6.45) is 1.17. The molecule has 206 valence electrons. The first-order valence-corrected chi connectivity index (χ1v) is 13.3. The van der Waals surface area contributed by atoms with E-state index in [-0.39, 0.29) is 46.0 Å². The Morgan fingerprint density at radius 3 is 2.35 bits per heavy atom. The Balaban J connectivity index is 1.78. The summed E-state index contributed by atoms with van der Waals surface area (Å²) in [5.41, 5.74) is -3.60. The van der Waals surface area contributed by atoms with Gasteiger partial charge in [0.25, 0.3) is 5.91 Å². The molecule has 3 aromatic rings. The number of ether oxygens (including phenoxy) is 1. The van der Waals surface area contributed by atoms with Crippen molar-refractivity contribution in [1.82, 2.24) is 4.90 Å². The van der Waals surface area contributed by atoms with Crippen molar-refractivity contribution in [2.45, 2.75) is 44.6 Å². The van der Waals surface area contributed by atoms with Gasteiger partial charge in [-0.15, -0.1) is 0 Å². The van der Waals surface area contributed by atoms with E-state index >= 15 is 4.39 Å². The minimum absolute atomic E-state index is 0.0419. The van der Waals surface area contributed by atoms with Gasteiger partial charge in [0, 0.05) is 15.6 Å². The highest BCUT2D eigenvalue weighted by Gasteiger charge is 2.57. The minimum atomic E-state index is -1.87. The van der Waals surface area contributed by atoms with Crippen LogP contribution in [-0.4, -0.2) is 33.6 Å². The van der Waals surface area contributed by atoms with E-state index in [1.54, 1.807) is 24.3 Å². The Labute approximate surface area is 240 Å². The second kappa shape index (κ2) is 9.86. The Kier molecular flexibility index (Phi) is 6.92. The SMILES string of the molecule is CC(C)(O)c1cc(F)c2c(c1)C(=O)N(Cc1ccc(Cl)cc1C(=O)O)[C@@]2(OCC1(C#N)CC1)c1ccc(Cl)cc1. The fraction of sp³-hybridized carbons (Fsp3) is 0.300. The molecule has 0 spiro atoms. The number of halogens is 3. The van der Waals surface area contributed by atoms with Gasteiger partial charge < -0.3 is 14.9 Å². The number of nitriles is 1. The molecule has 1 heterocycles. The average Bonchev–Trinajstić information content (AvgIpc) is 3.64. The molecule has 3 aromatic carbocycles. The van der Waals surface area contributed by atoms with Gasteiger partial charge >= 0.3 is 5.97 Å². The summed E-state index contributed by atoms with van der Waals surface area (Å²) in [6.45, 7) is 2.57. The lowest BCUT2D eigenvalue weighted by molar-refractivity contribution is -0.122. The fourth-order valence-electron chi connectivity index (χ4n) is 5.03. The van der Waals surface area contributed by atoms with E-state index in [9.17, 15) is 25.1 Å². The summed E-state index contributed by atoms with van der Waals surface area (Å²) < 4.78 is 22.7. The maximum absolute atomic E-state index is 16.2. The number of carbonyl (C=O) groups is 2. The fourth-order valence-corrected chi connectivity index (χ4v) is 5.32. The monoisotopic (exact) mass is 582 g/mol. The van der Waals surface area contributed by atoms with E-state index in [0.29, 0.717) is 23.4 Å². The van der Waals surface area contributed by atoms with Crippen LogP contribution in [0.1, 0.15) is 69.7 Å². The lowest BCUT2D eigenvalue weighted by Gasteiger charge is -2.40. The highest BCUT2D eigenvalue weighted by Crippen LogP contribution is 2.52. The third kappa shape index (κ3) is 4.73. The number of nitrogens with zero attached hydrogens (tertiary/aromatic N) is 2. The first kappa shape index (κ1) is 28.1. The number of benzene rings is 3. The molecule has 1 fully saturated rings. The number of carboxylic acid groups (broad SMARTS) is 1. The molecule has 1 aliphatic heterocycles. The van der Waals surface area contributed by atoms with Crippen LogP contribution < -0.4 is 0 Å². The molecule has 2 N–H and O–H groups in total. The smallest absolute Gasteiger partial charge is 0.336 e. The normalized spacial score (nSPS) is 19.3. The van der Waals surface area contributed by atoms with Crippen LogP contribution >= 0.6 is 23.2 Å². The predicted molar refractivity (Wildman–Crippen MR) is 145 cm³/mol. The van der Waals surface area contributed by atoms with Gasteiger partial charge in [0.05, 0.1) is 46.9 Å². The number of amides is 1. The van der Waals surface area contributed by atoms with Gasteiger partial charge in [0.2, 0.25) is 0 Å². The summed E-state index contributed by atoms with van der Waals surface area (Å²) >= 11 is 12.2. The third-order valence-electron chi connectivity index (χ3n) is 7.51. The molecule has 0 saturated heterocycles. The number of aromatic carboxylic acids is 1. The van der Waals surface area contributed by atoms with Gasteiger partial charge in [0.15, 0.2) is 5.72 Å². The minimum Gasteiger partial charge on any atom is -0.478 e. The zero-order valence-corrected chi connectivity index (χ0v) is 23.2. The predicted octanol–water partition coefficient (Wildman–Crippen LogP) is 6.24. The Bertz CT molecular complexity index is 1570. The van der Waals surface area contributed by atoms with E-state index in [4.69, 9.17) is 27.9 Å². The molecule has 2 aliphatic rings. The number of carbonyl (C=O) groups excluding carboxylic acids is 1. The van der Waals surface area contributed by atoms with Crippen LogP contribution in [0.5, 0.6) is 0 Å². The zero-order chi connectivity index (χ0) is 29.0. The lowest BCUT2D eigenvalue weighted by atomic mass is 9.88. The molecule has 7 nitrogen and oxygen atoms in total. The molecule has 0 bridgehead atoms. The van der Waals surface area contributed by atoms with E-state index in [1.807, 2.05) is 0 Å². The number of aliphatic hydroxyl groups is 1. The first-order chi connectivity index (χ1) is 18.8. The molecular formula is C30H25Cl2FN2O5. The van der Waals surface area contributed by atoms with Crippen LogP contribution in [0, 0.1) is 22.6 Å². The number of rotatable bonds is 8. The molecule has 0 radical (unpaired) electrons. The quantitative estimate of drug-likeness (QED) is 0.325. The van der Waals surface area contributed by atoms with Crippen LogP contribution in [0.2, 0.25) is 10.0 Å². The van der Waals surface area contributed by atoms with Gasteiger partial charge in [-0.3, -0.25) is 9.69 Å². The molecule has 0 aromatic heterocycles. The number of fused-ring (bicyclic) bond motifs is 1. The zero-order valence-electron chi connectivity index (χ0n) is 21.7. The third-order valence-corrected chi connectivity index (χ3v) is 7.99. The van der Waals surface area contributed by atoms with Crippen LogP contribution in [0.3, 0.4) is 0 Å². The summed E-state index contributed by atoms with van der Waals surface area (Å²) in [5.74, 6) is -2.68. The first-order valence-electron chi connectivity index (χ1n) is 12.5. The molecule has 1 atom stereocenters. The summed E-state index contributed by atoms with van der Waals surface area (Å²) in [6, 6.07) is 15.5. The van der Waals surface area contributed by atoms with Crippen LogP contribution in [-0.2, 0) is 22.6 Å². The van der Waals surface area contributed by atoms with Gasteiger partial charge in [-0.05, 0) is 74.2 Å². The Hall–Kier alpha value is -3.48. The second-order valence-electron chi connectivity index (χ2n) is 10.8. The number of hydrogen-bond donors (Lipinski definition) is 2. The molecule has 1 amide bonds. The van der Waals surface area contributed by atoms with Crippen LogP contribution in [0.25, 0.3) is 0 Å². The standard InChI is InChI=1S/C30H25Cl2FN2O5/c1-28(2,39)19-11-23-25(24(33)12-19)30(18-4-7-20(31)8-5-18,40-16-29(15-34)9-10-29)35(26(23)36)14-17-3-6-21(32)13-22(17)27(37)38/h3-8,11-13,39H,9-10,14,16H2,1-2H3,(H,37,38)/t30-/m1/s1. The lowest BCUT2D eigenvalue weighted by Crippen LogP contribution is -2.48. The van der Waals surface area contributed by atoms with E-state index < -0.39 is 34.4 Å². The number of hydrogen-bond acceptors (Lipinski definition) is 5. The van der Waals surface area contributed by atoms with Crippen LogP contribution in [0.4, 0.5) is 4.39 Å². The van der Waals surface area contributed by atoms with E-state index in [0.717, 1.165) is 6.07 Å². The highest BCUT2D eigenvalue weighted by molar-refractivity contribution is 6.31. The van der Waals surface area contributed by atoms with Crippen molar-refractivity contribution < 1.29 is 28.9 Å². The van der Waals surface area contributed by atoms with Gasteiger partial charge in [0.1, 0.15) is 5.82 Å². The summed E-state index contributed by atoms with van der Waals surface area (Å²) in [7, 11) is 0. The summed E-state index contributed by atoms with van der Waals surface area (Å²) in [4.78, 5) is 27.5. The molecular weight excluding hydrogens is 558 g/mol. The molecule has 5 rings (SSSR count). The van der Waals surface area contributed by atoms with Gasteiger partial charge in [-0.1, -0.05) is 41.4 Å². The average molecular weight is 583 g/mol. The van der Waals surface area contributed by atoms with E-state index in [1.165, 1.54) is 43.0 Å². The van der Waals surface area contributed by atoms with Crippen LogP contribution in [0.15, 0.2) is 54.6 Å². The summed E-state index contributed by atoms with van der Waals surface area (Å²) in [5, 5.41) is 30.9. The van der Waals surface area contributed by atoms with E-state index in [2.05, 4.69) is 6.07 Å². The molecule has 1 aliphatic carbocycles. The van der Waals surface area contributed by atoms with Gasteiger partial charge in [-0.2, -0.15) is 5.26 Å². The number of carboxylic acids is 1. The molecule has 0 unspecified atom stereocenters. The van der Waals surface area contributed by atoms with Gasteiger partial charge in [-0.25, -0.2) is 9.18 Å². The van der Waals surface area contributed by atoms with Crippen molar-refractivity contribution >= 4 is 35.1 Å². The maximum atomic E-state index is 16.2.